The minimum atomic E-state index is -0.154. The van der Waals surface area contributed by atoms with Crippen LogP contribution in [0.1, 0.15) is 66.7 Å². The highest BCUT2D eigenvalue weighted by Gasteiger charge is 2.57. The van der Waals surface area contributed by atoms with Gasteiger partial charge in [-0.15, -0.1) is 0 Å². The summed E-state index contributed by atoms with van der Waals surface area (Å²) in [4.78, 5) is 0. The molecule has 34 heavy (non-hydrogen) atoms. The molecule has 2 heteroatoms. The molecule has 0 bridgehead atoms. The average molecular weight is 453 g/mol. The Balaban J connectivity index is 1.27. The maximum atomic E-state index is 6.72. The van der Waals surface area contributed by atoms with Crippen molar-refractivity contribution in [3.63, 3.8) is 0 Å². The largest absolute Gasteiger partial charge is 0.347 e. The van der Waals surface area contributed by atoms with Crippen molar-refractivity contribution in [1.29, 1.82) is 0 Å². The van der Waals surface area contributed by atoms with Gasteiger partial charge in [0, 0.05) is 5.41 Å². The lowest BCUT2D eigenvalue weighted by atomic mass is 9.55. The first-order valence-corrected chi connectivity index (χ1v) is 13.2. The molecule has 0 amide bonds. The Morgan fingerprint density at radius 2 is 1.35 bits per heavy atom. The SMILES string of the molecule is c1ccc(COC(OCc2ccccc2)[C@@]23CCC[C@H]2[C@@H]2CCc4ccccc4[C@H]2CC3)cc1. The zero-order valence-electron chi connectivity index (χ0n) is 20.1. The topological polar surface area (TPSA) is 18.5 Å². The molecule has 0 aliphatic heterocycles. The monoisotopic (exact) mass is 452 g/mol. The summed E-state index contributed by atoms with van der Waals surface area (Å²) in [5.41, 5.74) is 5.80. The molecular weight excluding hydrogens is 416 g/mol. The van der Waals surface area contributed by atoms with Crippen molar-refractivity contribution in [3.05, 3.63) is 107 Å². The normalized spacial score (nSPS) is 27.7. The second-order valence-electron chi connectivity index (χ2n) is 10.7. The van der Waals surface area contributed by atoms with E-state index in [1.165, 1.54) is 56.1 Å². The number of ether oxygens (including phenoxy) is 2. The van der Waals surface area contributed by atoms with E-state index in [9.17, 15) is 0 Å². The van der Waals surface area contributed by atoms with E-state index >= 15 is 0 Å². The van der Waals surface area contributed by atoms with Crippen LogP contribution >= 0.6 is 0 Å². The second kappa shape index (κ2) is 9.68. The summed E-state index contributed by atoms with van der Waals surface area (Å²) in [5, 5.41) is 0. The van der Waals surface area contributed by atoms with Crippen molar-refractivity contribution >= 4 is 0 Å². The standard InChI is InChI=1S/C32H36O2/c1-3-10-24(11-4-1)22-33-31(34-23-25-12-5-2-6-13-25)32-20-9-16-30(32)29-18-17-26-14-7-8-15-27(26)28(29)19-21-32/h1-8,10-15,28-31H,9,16-23H2/t28-,29-,30+,32-/m1/s1. The molecule has 2 saturated carbocycles. The van der Waals surface area contributed by atoms with Crippen LogP contribution in [-0.4, -0.2) is 6.29 Å². The molecule has 0 radical (unpaired) electrons. The first-order valence-electron chi connectivity index (χ1n) is 13.2. The molecule has 6 rings (SSSR count). The van der Waals surface area contributed by atoms with Crippen LogP contribution in [0.2, 0.25) is 0 Å². The van der Waals surface area contributed by atoms with Crippen LogP contribution in [0.5, 0.6) is 0 Å². The molecule has 0 aromatic heterocycles. The van der Waals surface area contributed by atoms with Gasteiger partial charge in [-0.2, -0.15) is 0 Å². The quantitative estimate of drug-likeness (QED) is 0.342. The van der Waals surface area contributed by atoms with E-state index in [-0.39, 0.29) is 11.7 Å². The van der Waals surface area contributed by atoms with Gasteiger partial charge in [-0.3, -0.25) is 0 Å². The molecular formula is C32H36O2. The highest BCUT2D eigenvalue weighted by atomic mass is 16.7. The van der Waals surface area contributed by atoms with E-state index in [0.29, 0.717) is 25.0 Å². The fourth-order valence-electron chi connectivity index (χ4n) is 7.51. The molecule has 4 atom stereocenters. The molecule has 0 spiro atoms. The summed E-state index contributed by atoms with van der Waals surface area (Å²) in [5.74, 6) is 2.16. The molecule has 176 valence electrons. The van der Waals surface area contributed by atoms with Gasteiger partial charge in [0.1, 0.15) is 0 Å². The van der Waals surface area contributed by atoms with Crippen LogP contribution in [0.15, 0.2) is 84.9 Å². The molecule has 3 aromatic carbocycles. The Bertz CT molecular complexity index is 1030. The van der Waals surface area contributed by atoms with Gasteiger partial charge in [0.25, 0.3) is 0 Å². The maximum absolute atomic E-state index is 6.72. The van der Waals surface area contributed by atoms with Crippen molar-refractivity contribution < 1.29 is 9.47 Å². The van der Waals surface area contributed by atoms with Crippen LogP contribution in [-0.2, 0) is 29.1 Å². The van der Waals surface area contributed by atoms with Gasteiger partial charge in [-0.05, 0) is 78.5 Å². The van der Waals surface area contributed by atoms with Gasteiger partial charge in [-0.1, -0.05) is 91.3 Å². The van der Waals surface area contributed by atoms with Crippen LogP contribution in [0.4, 0.5) is 0 Å². The number of hydrogen-bond acceptors (Lipinski definition) is 2. The molecule has 3 aliphatic carbocycles. The summed E-state index contributed by atoms with van der Waals surface area (Å²) in [6.45, 7) is 1.23. The van der Waals surface area contributed by atoms with Gasteiger partial charge < -0.3 is 9.47 Å². The molecule has 3 aliphatic rings. The summed E-state index contributed by atoms with van der Waals surface area (Å²) in [6, 6.07) is 30.4. The molecule has 0 N–H and O–H groups in total. The van der Waals surface area contributed by atoms with Crippen molar-refractivity contribution in [2.75, 3.05) is 0 Å². The number of benzene rings is 3. The zero-order chi connectivity index (χ0) is 22.8. The highest BCUT2D eigenvalue weighted by Crippen LogP contribution is 2.63. The second-order valence-corrected chi connectivity index (χ2v) is 10.7. The number of fused-ring (bicyclic) bond motifs is 5. The Hall–Kier alpha value is -2.42. The van der Waals surface area contributed by atoms with Gasteiger partial charge in [0.05, 0.1) is 13.2 Å². The van der Waals surface area contributed by atoms with E-state index in [2.05, 4.69) is 84.9 Å². The van der Waals surface area contributed by atoms with Crippen molar-refractivity contribution in [3.8, 4) is 0 Å². The van der Waals surface area contributed by atoms with E-state index in [0.717, 1.165) is 5.92 Å². The van der Waals surface area contributed by atoms with Crippen LogP contribution < -0.4 is 0 Å². The van der Waals surface area contributed by atoms with Gasteiger partial charge in [0.15, 0.2) is 6.29 Å². The van der Waals surface area contributed by atoms with Crippen molar-refractivity contribution in [1.82, 2.24) is 0 Å². The fraction of sp³-hybridized carbons (Fsp3) is 0.438. The van der Waals surface area contributed by atoms with E-state index in [1.807, 2.05) is 0 Å². The molecule has 0 unspecified atom stereocenters. The third-order valence-electron chi connectivity index (χ3n) is 9.01. The Kier molecular flexibility index (Phi) is 6.28. The van der Waals surface area contributed by atoms with Gasteiger partial charge in [0.2, 0.25) is 0 Å². The van der Waals surface area contributed by atoms with E-state index in [1.54, 1.807) is 11.1 Å². The van der Waals surface area contributed by atoms with Crippen LogP contribution in [0, 0.1) is 17.3 Å². The molecule has 0 heterocycles. The maximum Gasteiger partial charge on any atom is 0.164 e. The van der Waals surface area contributed by atoms with Crippen molar-refractivity contribution in [2.45, 2.75) is 70.4 Å². The number of aryl methyl sites for hydroxylation is 1. The third kappa shape index (κ3) is 4.12. The third-order valence-corrected chi connectivity index (χ3v) is 9.01. The summed E-state index contributed by atoms with van der Waals surface area (Å²) >= 11 is 0. The summed E-state index contributed by atoms with van der Waals surface area (Å²) in [7, 11) is 0. The lowest BCUT2D eigenvalue weighted by Gasteiger charge is -2.53. The first-order chi connectivity index (χ1) is 16.8. The van der Waals surface area contributed by atoms with E-state index in [4.69, 9.17) is 9.47 Å². The fourth-order valence-corrected chi connectivity index (χ4v) is 7.51. The highest BCUT2D eigenvalue weighted by molar-refractivity contribution is 5.35. The Morgan fingerprint density at radius 1 is 0.706 bits per heavy atom. The molecule has 2 fully saturated rings. The number of hydrogen-bond donors (Lipinski definition) is 0. The summed E-state index contributed by atoms with van der Waals surface area (Å²) < 4.78 is 13.4. The number of rotatable bonds is 7. The molecule has 2 nitrogen and oxygen atoms in total. The van der Waals surface area contributed by atoms with Crippen LogP contribution in [0.25, 0.3) is 0 Å². The summed E-state index contributed by atoms with van der Waals surface area (Å²) in [6.07, 6.45) is 8.72. The lowest BCUT2D eigenvalue weighted by Crippen LogP contribution is -2.49. The first kappa shape index (κ1) is 22.1. The van der Waals surface area contributed by atoms with Crippen molar-refractivity contribution in [2.24, 2.45) is 17.3 Å². The minimum absolute atomic E-state index is 0.136. The average Bonchev–Trinajstić information content (AvgIpc) is 3.35. The van der Waals surface area contributed by atoms with Crippen LogP contribution in [0.3, 0.4) is 0 Å². The van der Waals surface area contributed by atoms with Gasteiger partial charge >= 0.3 is 0 Å². The van der Waals surface area contributed by atoms with E-state index < -0.39 is 0 Å². The smallest absolute Gasteiger partial charge is 0.164 e. The molecule has 3 aromatic rings. The predicted molar refractivity (Wildman–Crippen MR) is 136 cm³/mol. The predicted octanol–water partition coefficient (Wildman–Crippen LogP) is 7.67. The molecule has 0 saturated heterocycles. The Morgan fingerprint density at radius 3 is 2.06 bits per heavy atom. The zero-order valence-corrected chi connectivity index (χ0v) is 20.1. The lowest BCUT2D eigenvalue weighted by molar-refractivity contribution is -0.244. The van der Waals surface area contributed by atoms with Gasteiger partial charge in [-0.25, -0.2) is 0 Å². The minimum Gasteiger partial charge on any atom is -0.347 e. The Labute approximate surface area is 204 Å².